The second kappa shape index (κ2) is 4.70. The Morgan fingerprint density at radius 2 is 2.11 bits per heavy atom. The molecule has 0 radical (unpaired) electrons. The van der Waals surface area contributed by atoms with Crippen LogP contribution in [-0.4, -0.2) is 10.9 Å². The lowest BCUT2D eigenvalue weighted by atomic mass is 10.2. The van der Waals surface area contributed by atoms with Crippen LogP contribution in [0.15, 0.2) is 41.5 Å². The highest BCUT2D eigenvalue weighted by molar-refractivity contribution is 6.04. The molecule has 0 fully saturated rings. The molecule has 5 nitrogen and oxygen atoms in total. The second-order valence-electron chi connectivity index (χ2n) is 3.61. The lowest BCUT2D eigenvalue weighted by molar-refractivity contribution is 0.102. The molecule has 0 bridgehead atoms. The van der Waals surface area contributed by atoms with Crippen LogP contribution in [0.5, 0.6) is 0 Å². The fraction of sp³-hybridized carbons (Fsp3) is 0. The van der Waals surface area contributed by atoms with Crippen molar-refractivity contribution in [1.82, 2.24) is 4.98 Å². The molecule has 0 aliphatic carbocycles. The Morgan fingerprint density at radius 1 is 1.33 bits per heavy atom. The van der Waals surface area contributed by atoms with Crippen molar-refractivity contribution < 1.29 is 9.18 Å². The van der Waals surface area contributed by atoms with Gasteiger partial charge in [-0.05, 0) is 18.2 Å². The Balaban J connectivity index is 2.24. The summed E-state index contributed by atoms with van der Waals surface area (Å²) in [4.78, 5) is 25.8. The largest absolute Gasteiger partial charge is 0.396 e. The third kappa shape index (κ3) is 2.37. The first-order valence-corrected chi connectivity index (χ1v) is 5.11. The Bertz CT molecular complexity index is 652. The van der Waals surface area contributed by atoms with E-state index in [0.29, 0.717) is 0 Å². The average molecular weight is 247 g/mol. The zero-order valence-corrected chi connectivity index (χ0v) is 9.24. The predicted molar refractivity (Wildman–Crippen MR) is 65.8 cm³/mol. The number of H-pyrrole nitrogens is 1. The number of rotatable bonds is 2. The van der Waals surface area contributed by atoms with E-state index in [9.17, 15) is 14.0 Å². The first-order valence-electron chi connectivity index (χ1n) is 5.11. The van der Waals surface area contributed by atoms with Gasteiger partial charge in [-0.1, -0.05) is 0 Å². The highest BCUT2D eigenvalue weighted by atomic mass is 19.1. The number of hydrogen-bond donors (Lipinski definition) is 3. The van der Waals surface area contributed by atoms with E-state index < -0.39 is 17.2 Å². The number of pyridine rings is 1. The summed E-state index contributed by atoms with van der Waals surface area (Å²) in [6.07, 6.45) is 2.70. The van der Waals surface area contributed by atoms with Gasteiger partial charge in [-0.2, -0.15) is 0 Å². The number of hydrogen-bond acceptors (Lipinski definition) is 3. The minimum Gasteiger partial charge on any atom is -0.396 e. The van der Waals surface area contributed by atoms with E-state index in [4.69, 9.17) is 5.73 Å². The summed E-state index contributed by atoms with van der Waals surface area (Å²) in [5, 5.41) is 2.41. The first-order chi connectivity index (χ1) is 8.58. The second-order valence-corrected chi connectivity index (χ2v) is 3.61. The maximum absolute atomic E-state index is 13.2. The molecule has 1 aromatic carbocycles. The van der Waals surface area contributed by atoms with Crippen molar-refractivity contribution in [3.05, 3.63) is 58.3 Å². The van der Waals surface area contributed by atoms with Gasteiger partial charge < -0.3 is 16.0 Å². The quantitative estimate of drug-likeness (QED) is 0.700. The van der Waals surface area contributed by atoms with Gasteiger partial charge in [-0.3, -0.25) is 9.59 Å². The fourth-order valence-electron chi connectivity index (χ4n) is 1.40. The zero-order chi connectivity index (χ0) is 13.1. The monoisotopic (exact) mass is 247 g/mol. The molecule has 4 N–H and O–H groups in total. The van der Waals surface area contributed by atoms with E-state index in [0.717, 1.165) is 6.07 Å². The van der Waals surface area contributed by atoms with Gasteiger partial charge in [-0.25, -0.2) is 4.39 Å². The number of anilines is 2. The van der Waals surface area contributed by atoms with Crippen LogP contribution in [0.25, 0.3) is 0 Å². The molecule has 0 spiro atoms. The van der Waals surface area contributed by atoms with E-state index in [1.807, 2.05) is 0 Å². The molecule has 0 saturated carbocycles. The average Bonchev–Trinajstić information content (AvgIpc) is 2.34. The predicted octanol–water partition coefficient (Wildman–Crippen LogP) is 1.35. The molecule has 6 heteroatoms. The number of nitrogens with two attached hydrogens (primary N) is 1. The lowest BCUT2D eigenvalue weighted by Gasteiger charge is -2.05. The zero-order valence-electron chi connectivity index (χ0n) is 9.24. The molecule has 0 aliphatic heterocycles. The number of halogens is 1. The van der Waals surface area contributed by atoms with E-state index in [2.05, 4.69) is 10.3 Å². The molecule has 1 aromatic heterocycles. The van der Waals surface area contributed by atoms with Gasteiger partial charge in [0.25, 0.3) is 5.91 Å². The smallest absolute Gasteiger partial charge is 0.261 e. The van der Waals surface area contributed by atoms with E-state index >= 15 is 0 Å². The number of benzene rings is 1. The highest BCUT2D eigenvalue weighted by Gasteiger charge is 2.10. The van der Waals surface area contributed by atoms with Gasteiger partial charge in [0, 0.05) is 24.1 Å². The van der Waals surface area contributed by atoms with Crippen molar-refractivity contribution in [2.45, 2.75) is 0 Å². The van der Waals surface area contributed by atoms with Gasteiger partial charge in [0.1, 0.15) is 11.4 Å². The summed E-state index contributed by atoms with van der Waals surface area (Å²) in [6, 6.07) is 5.11. The van der Waals surface area contributed by atoms with Crippen LogP contribution in [-0.2, 0) is 0 Å². The molecule has 0 unspecified atom stereocenters. The number of carbonyl (C=O) groups excluding carboxylic acids is 1. The summed E-state index contributed by atoms with van der Waals surface area (Å²) < 4.78 is 13.2. The standard InChI is InChI=1S/C12H10FN3O2/c13-9-5-7(1-2-10(9)14)16-12(18)8-6-15-4-3-11(8)17/h1-6H,14H2,(H,15,17)(H,16,18). The van der Waals surface area contributed by atoms with Crippen molar-refractivity contribution >= 4 is 17.3 Å². The van der Waals surface area contributed by atoms with Crippen LogP contribution in [0.3, 0.4) is 0 Å². The minimum atomic E-state index is -0.630. The number of aromatic nitrogens is 1. The third-order valence-corrected chi connectivity index (χ3v) is 2.33. The van der Waals surface area contributed by atoms with Crippen LogP contribution in [0.4, 0.5) is 15.8 Å². The number of nitrogens with one attached hydrogen (secondary N) is 2. The number of aromatic amines is 1. The van der Waals surface area contributed by atoms with Crippen molar-refractivity contribution in [2.24, 2.45) is 0 Å². The van der Waals surface area contributed by atoms with Gasteiger partial charge in [0.05, 0.1) is 5.69 Å². The van der Waals surface area contributed by atoms with Gasteiger partial charge in [0.15, 0.2) is 5.43 Å². The summed E-state index contributed by atoms with van der Waals surface area (Å²) in [6.45, 7) is 0. The van der Waals surface area contributed by atoms with Gasteiger partial charge in [-0.15, -0.1) is 0 Å². The molecule has 0 saturated heterocycles. The van der Waals surface area contributed by atoms with Gasteiger partial charge >= 0.3 is 0 Å². The molecular formula is C12H10FN3O2. The molecule has 18 heavy (non-hydrogen) atoms. The van der Waals surface area contributed by atoms with E-state index in [1.54, 1.807) is 0 Å². The lowest BCUT2D eigenvalue weighted by Crippen LogP contribution is -2.20. The van der Waals surface area contributed by atoms with Crippen LogP contribution < -0.4 is 16.5 Å². The summed E-state index contributed by atoms with van der Waals surface area (Å²) in [7, 11) is 0. The fourth-order valence-corrected chi connectivity index (χ4v) is 1.40. The third-order valence-electron chi connectivity index (χ3n) is 2.33. The summed E-state index contributed by atoms with van der Waals surface area (Å²) >= 11 is 0. The molecule has 0 atom stereocenters. The summed E-state index contributed by atoms with van der Waals surface area (Å²) in [5.74, 6) is -1.24. The highest BCUT2D eigenvalue weighted by Crippen LogP contribution is 2.16. The maximum atomic E-state index is 13.2. The van der Waals surface area contributed by atoms with Crippen LogP contribution in [0.1, 0.15) is 10.4 Å². The van der Waals surface area contributed by atoms with Crippen molar-refractivity contribution in [1.29, 1.82) is 0 Å². The molecule has 0 aliphatic rings. The molecule has 2 rings (SSSR count). The van der Waals surface area contributed by atoms with Crippen molar-refractivity contribution in [2.75, 3.05) is 11.1 Å². The molecule has 92 valence electrons. The molecular weight excluding hydrogens is 237 g/mol. The number of carbonyl (C=O) groups is 1. The topological polar surface area (TPSA) is 88.0 Å². The van der Waals surface area contributed by atoms with Crippen LogP contribution >= 0.6 is 0 Å². The normalized spacial score (nSPS) is 10.1. The molecule has 1 amide bonds. The minimum absolute atomic E-state index is 0.00874. The van der Waals surface area contributed by atoms with E-state index in [1.165, 1.54) is 30.6 Å². The van der Waals surface area contributed by atoms with Crippen molar-refractivity contribution in [3.8, 4) is 0 Å². The number of amides is 1. The number of nitrogen functional groups attached to an aromatic ring is 1. The van der Waals surface area contributed by atoms with Crippen molar-refractivity contribution in [3.63, 3.8) is 0 Å². The Hall–Kier alpha value is -2.63. The van der Waals surface area contributed by atoms with Crippen LogP contribution in [0.2, 0.25) is 0 Å². The summed E-state index contributed by atoms with van der Waals surface area (Å²) in [5.41, 5.74) is 5.07. The van der Waals surface area contributed by atoms with E-state index in [-0.39, 0.29) is 16.9 Å². The van der Waals surface area contributed by atoms with Crippen LogP contribution in [0, 0.1) is 5.82 Å². The maximum Gasteiger partial charge on any atom is 0.261 e. The first kappa shape index (κ1) is 11.8. The Kier molecular flexibility index (Phi) is 3.09. The SMILES string of the molecule is Nc1ccc(NC(=O)c2c[nH]ccc2=O)cc1F. The molecule has 2 aromatic rings. The Labute approximate surface area is 101 Å². The molecule has 1 heterocycles. The Morgan fingerprint density at radius 3 is 2.78 bits per heavy atom. The van der Waals surface area contributed by atoms with Gasteiger partial charge in [0.2, 0.25) is 0 Å².